The molecular formula is C19H19ClO. The van der Waals surface area contributed by atoms with Crippen LogP contribution in [0.5, 0.6) is 0 Å². The van der Waals surface area contributed by atoms with Crippen molar-refractivity contribution in [1.29, 1.82) is 0 Å². The van der Waals surface area contributed by atoms with Gasteiger partial charge in [0.15, 0.2) is 5.78 Å². The van der Waals surface area contributed by atoms with Crippen molar-refractivity contribution in [2.45, 2.75) is 38.5 Å². The molecule has 2 aromatic rings. The summed E-state index contributed by atoms with van der Waals surface area (Å²) in [7, 11) is 0. The first kappa shape index (κ1) is 14.3. The molecular weight excluding hydrogens is 280 g/mol. The van der Waals surface area contributed by atoms with Crippen molar-refractivity contribution in [2.75, 3.05) is 0 Å². The van der Waals surface area contributed by atoms with Crippen LogP contribution in [0, 0.1) is 6.92 Å². The summed E-state index contributed by atoms with van der Waals surface area (Å²) in [6, 6.07) is 14.1. The van der Waals surface area contributed by atoms with Gasteiger partial charge in [-0.25, -0.2) is 0 Å². The average molecular weight is 299 g/mol. The lowest BCUT2D eigenvalue weighted by Gasteiger charge is -2.25. The molecule has 0 N–H and O–H groups in total. The Hall–Kier alpha value is -1.60. The van der Waals surface area contributed by atoms with E-state index in [0.29, 0.717) is 17.4 Å². The van der Waals surface area contributed by atoms with Crippen LogP contribution >= 0.6 is 11.6 Å². The SMILES string of the molecule is Cc1cc(Cl)ccc1C(=O)CC1CCCc2ccccc21. The van der Waals surface area contributed by atoms with E-state index in [1.165, 1.54) is 17.5 Å². The number of halogens is 1. The van der Waals surface area contributed by atoms with Gasteiger partial charge in [0.25, 0.3) is 0 Å². The number of carbonyl (C=O) groups is 1. The van der Waals surface area contributed by atoms with Crippen molar-refractivity contribution in [3.63, 3.8) is 0 Å². The lowest BCUT2D eigenvalue weighted by atomic mass is 9.79. The standard InChI is InChI=1S/C19H19ClO/c1-13-11-16(20)9-10-17(13)19(21)12-15-7-4-6-14-5-2-3-8-18(14)15/h2-3,5,8-11,15H,4,6-7,12H2,1H3. The van der Waals surface area contributed by atoms with Crippen molar-refractivity contribution in [3.05, 3.63) is 69.7 Å². The third kappa shape index (κ3) is 3.03. The topological polar surface area (TPSA) is 17.1 Å². The largest absolute Gasteiger partial charge is 0.294 e. The Morgan fingerprint density at radius 3 is 2.86 bits per heavy atom. The Morgan fingerprint density at radius 2 is 2.05 bits per heavy atom. The zero-order chi connectivity index (χ0) is 14.8. The number of hydrogen-bond acceptors (Lipinski definition) is 1. The van der Waals surface area contributed by atoms with Crippen LogP contribution in [0.1, 0.15) is 52.2 Å². The van der Waals surface area contributed by atoms with Crippen LogP contribution < -0.4 is 0 Å². The predicted octanol–water partition coefficient (Wildman–Crippen LogP) is 5.34. The normalized spacial score (nSPS) is 17.3. The minimum Gasteiger partial charge on any atom is -0.294 e. The Kier molecular flexibility index (Phi) is 4.12. The summed E-state index contributed by atoms with van der Waals surface area (Å²) in [5.74, 6) is 0.586. The lowest BCUT2D eigenvalue weighted by Crippen LogP contribution is -2.14. The quantitative estimate of drug-likeness (QED) is 0.699. The molecule has 108 valence electrons. The van der Waals surface area contributed by atoms with Gasteiger partial charge in [0, 0.05) is 17.0 Å². The van der Waals surface area contributed by atoms with E-state index in [2.05, 4.69) is 24.3 Å². The van der Waals surface area contributed by atoms with Crippen molar-refractivity contribution >= 4 is 17.4 Å². The van der Waals surface area contributed by atoms with Crippen molar-refractivity contribution in [3.8, 4) is 0 Å². The summed E-state index contributed by atoms with van der Waals surface area (Å²) in [4.78, 5) is 12.6. The van der Waals surface area contributed by atoms with Gasteiger partial charge >= 0.3 is 0 Å². The zero-order valence-corrected chi connectivity index (χ0v) is 13.0. The van der Waals surface area contributed by atoms with Gasteiger partial charge in [0.2, 0.25) is 0 Å². The number of aryl methyl sites for hydroxylation is 2. The van der Waals surface area contributed by atoms with Crippen LogP contribution in [0.4, 0.5) is 0 Å². The molecule has 1 unspecified atom stereocenters. The summed E-state index contributed by atoms with van der Waals surface area (Å²) >= 11 is 5.97. The summed E-state index contributed by atoms with van der Waals surface area (Å²) in [5, 5.41) is 0.687. The monoisotopic (exact) mass is 298 g/mol. The Bertz CT molecular complexity index is 675. The lowest BCUT2D eigenvalue weighted by molar-refractivity contribution is 0.0970. The molecule has 0 saturated carbocycles. The summed E-state index contributed by atoms with van der Waals surface area (Å²) < 4.78 is 0. The fraction of sp³-hybridized carbons (Fsp3) is 0.316. The van der Waals surface area contributed by atoms with Gasteiger partial charge in [-0.3, -0.25) is 4.79 Å². The molecule has 0 saturated heterocycles. The van der Waals surface area contributed by atoms with Crippen molar-refractivity contribution in [2.24, 2.45) is 0 Å². The minimum absolute atomic E-state index is 0.228. The number of fused-ring (bicyclic) bond motifs is 1. The van der Waals surface area contributed by atoms with Gasteiger partial charge in [0.05, 0.1) is 0 Å². The second kappa shape index (κ2) is 6.03. The third-order valence-corrected chi connectivity index (χ3v) is 4.65. The van der Waals surface area contributed by atoms with E-state index in [9.17, 15) is 4.79 Å². The third-order valence-electron chi connectivity index (χ3n) is 4.41. The second-order valence-electron chi connectivity index (χ2n) is 5.87. The molecule has 1 atom stereocenters. The Morgan fingerprint density at radius 1 is 1.24 bits per heavy atom. The Labute approximate surface area is 131 Å². The van der Waals surface area contributed by atoms with Gasteiger partial charge in [-0.2, -0.15) is 0 Å². The van der Waals surface area contributed by atoms with E-state index >= 15 is 0 Å². The van der Waals surface area contributed by atoms with Crippen LogP contribution in [0.25, 0.3) is 0 Å². The number of hydrogen-bond donors (Lipinski definition) is 0. The maximum atomic E-state index is 12.6. The van der Waals surface area contributed by atoms with Crippen molar-refractivity contribution in [1.82, 2.24) is 0 Å². The molecule has 0 radical (unpaired) electrons. The number of rotatable bonds is 3. The fourth-order valence-electron chi connectivity index (χ4n) is 3.34. The van der Waals surface area contributed by atoms with Gasteiger partial charge in [-0.15, -0.1) is 0 Å². The van der Waals surface area contributed by atoms with E-state index in [0.717, 1.165) is 24.0 Å². The fourth-order valence-corrected chi connectivity index (χ4v) is 3.57. The molecule has 0 heterocycles. The number of benzene rings is 2. The van der Waals surface area contributed by atoms with Crippen LogP contribution in [0.3, 0.4) is 0 Å². The first-order valence-corrected chi connectivity index (χ1v) is 7.90. The molecule has 1 aliphatic carbocycles. The Balaban J connectivity index is 1.83. The van der Waals surface area contributed by atoms with E-state index in [4.69, 9.17) is 11.6 Å². The number of Topliss-reactive ketones (excluding diaryl/α,β-unsaturated/α-hetero) is 1. The molecule has 3 rings (SSSR count). The maximum Gasteiger partial charge on any atom is 0.163 e. The first-order chi connectivity index (χ1) is 10.1. The predicted molar refractivity (Wildman–Crippen MR) is 87.3 cm³/mol. The smallest absolute Gasteiger partial charge is 0.163 e. The van der Waals surface area contributed by atoms with E-state index in [1.54, 1.807) is 6.07 Å². The highest BCUT2D eigenvalue weighted by Gasteiger charge is 2.23. The van der Waals surface area contributed by atoms with Crippen LogP contribution in [0.2, 0.25) is 5.02 Å². The van der Waals surface area contributed by atoms with Crippen molar-refractivity contribution < 1.29 is 4.79 Å². The van der Waals surface area contributed by atoms with E-state index < -0.39 is 0 Å². The minimum atomic E-state index is 0.228. The molecule has 0 spiro atoms. The van der Waals surface area contributed by atoms with Crippen LogP contribution in [-0.4, -0.2) is 5.78 Å². The molecule has 2 aromatic carbocycles. The van der Waals surface area contributed by atoms with E-state index in [-0.39, 0.29) is 5.78 Å². The summed E-state index contributed by atoms with van der Waals surface area (Å²) in [6.45, 7) is 1.95. The zero-order valence-electron chi connectivity index (χ0n) is 12.2. The highest BCUT2D eigenvalue weighted by Crippen LogP contribution is 2.35. The molecule has 0 bridgehead atoms. The summed E-state index contributed by atoms with van der Waals surface area (Å²) in [5.41, 5.74) is 4.55. The average Bonchev–Trinajstić information content (AvgIpc) is 2.47. The number of carbonyl (C=O) groups excluding carboxylic acids is 1. The first-order valence-electron chi connectivity index (χ1n) is 7.52. The highest BCUT2D eigenvalue weighted by molar-refractivity contribution is 6.30. The van der Waals surface area contributed by atoms with Gasteiger partial charge < -0.3 is 0 Å². The molecule has 0 amide bonds. The van der Waals surface area contributed by atoms with E-state index in [1.807, 2.05) is 19.1 Å². The van der Waals surface area contributed by atoms with Crippen LogP contribution in [-0.2, 0) is 6.42 Å². The van der Waals surface area contributed by atoms with Gasteiger partial charge in [0.1, 0.15) is 0 Å². The molecule has 1 aliphatic rings. The summed E-state index contributed by atoms with van der Waals surface area (Å²) in [6.07, 6.45) is 4.02. The number of ketones is 1. The maximum absolute atomic E-state index is 12.6. The molecule has 2 heteroatoms. The molecule has 1 nitrogen and oxygen atoms in total. The molecule has 21 heavy (non-hydrogen) atoms. The van der Waals surface area contributed by atoms with Gasteiger partial charge in [-0.05, 0) is 67.0 Å². The molecule has 0 aromatic heterocycles. The highest BCUT2D eigenvalue weighted by atomic mass is 35.5. The van der Waals surface area contributed by atoms with Crippen LogP contribution in [0.15, 0.2) is 42.5 Å². The van der Waals surface area contributed by atoms with Gasteiger partial charge in [-0.1, -0.05) is 35.9 Å². The second-order valence-corrected chi connectivity index (χ2v) is 6.31. The molecule has 0 fully saturated rings. The molecule has 0 aliphatic heterocycles.